The third kappa shape index (κ3) is 3.78. The largest absolute Gasteiger partial charge is 0.352 e. The first kappa shape index (κ1) is 15.9. The number of hydrogen-bond acceptors (Lipinski definition) is 3. The average molecular weight is 311 g/mol. The number of hydrogen-bond donors (Lipinski definition) is 3. The standard InChI is InChI=1S/C14H15F2N3O3/c1-7-10(13(21)19-14(22)18-7)5-12(20)17-6-8-2-3-9(15)4-11(8)16/h2-4,7,10H,5-6H2,1H3,(H,17,20)(H2,18,19,21,22). The van der Waals surface area contributed by atoms with Crippen molar-refractivity contribution in [3.63, 3.8) is 0 Å². The van der Waals surface area contributed by atoms with E-state index in [0.29, 0.717) is 0 Å². The zero-order valence-corrected chi connectivity index (χ0v) is 11.8. The van der Waals surface area contributed by atoms with Crippen molar-refractivity contribution < 1.29 is 23.2 Å². The summed E-state index contributed by atoms with van der Waals surface area (Å²) in [5.74, 6) is -3.14. The molecule has 3 N–H and O–H groups in total. The monoisotopic (exact) mass is 311 g/mol. The molecule has 0 saturated carbocycles. The summed E-state index contributed by atoms with van der Waals surface area (Å²) in [6.07, 6.45) is -0.143. The highest BCUT2D eigenvalue weighted by atomic mass is 19.1. The third-order valence-electron chi connectivity index (χ3n) is 3.43. The van der Waals surface area contributed by atoms with Gasteiger partial charge in [0.25, 0.3) is 0 Å². The molecule has 2 atom stereocenters. The minimum Gasteiger partial charge on any atom is -0.352 e. The molecule has 0 spiro atoms. The van der Waals surface area contributed by atoms with Gasteiger partial charge >= 0.3 is 6.03 Å². The molecule has 4 amide bonds. The fourth-order valence-corrected chi connectivity index (χ4v) is 2.18. The quantitative estimate of drug-likeness (QED) is 0.769. The van der Waals surface area contributed by atoms with Gasteiger partial charge in [-0.2, -0.15) is 0 Å². The van der Waals surface area contributed by atoms with E-state index < -0.39 is 41.4 Å². The Labute approximate surface area is 125 Å². The van der Waals surface area contributed by atoms with E-state index in [1.54, 1.807) is 6.92 Å². The second-order valence-electron chi connectivity index (χ2n) is 5.07. The Bertz CT molecular complexity index is 621. The smallest absolute Gasteiger partial charge is 0.321 e. The van der Waals surface area contributed by atoms with Gasteiger partial charge in [0.2, 0.25) is 11.8 Å². The zero-order chi connectivity index (χ0) is 16.3. The second kappa shape index (κ2) is 6.50. The van der Waals surface area contributed by atoms with Gasteiger partial charge in [-0.3, -0.25) is 14.9 Å². The van der Waals surface area contributed by atoms with Gasteiger partial charge in [-0.1, -0.05) is 6.07 Å². The van der Waals surface area contributed by atoms with E-state index in [2.05, 4.69) is 16.0 Å². The summed E-state index contributed by atoms with van der Waals surface area (Å²) in [4.78, 5) is 34.6. The summed E-state index contributed by atoms with van der Waals surface area (Å²) in [6, 6.07) is 1.99. The maximum atomic E-state index is 13.4. The Balaban J connectivity index is 1.90. The Hall–Kier alpha value is -2.51. The molecule has 8 heteroatoms. The minimum atomic E-state index is -0.753. The summed E-state index contributed by atoms with van der Waals surface area (Å²) in [5, 5.41) is 7.05. The molecule has 1 fully saturated rings. The average Bonchev–Trinajstić information content (AvgIpc) is 2.42. The van der Waals surface area contributed by atoms with Gasteiger partial charge in [0, 0.05) is 30.6 Å². The van der Waals surface area contributed by atoms with Crippen LogP contribution < -0.4 is 16.0 Å². The molecule has 0 radical (unpaired) electrons. The number of urea groups is 1. The molecule has 1 aromatic carbocycles. The lowest BCUT2D eigenvalue weighted by Gasteiger charge is -2.28. The normalized spacial score (nSPS) is 21.0. The molecule has 118 valence electrons. The molecule has 0 bridgehead atoms. The lowest BCUT2D eigenvalue weighted by Crippen LogP contribution is -2.57. The van der Waals surface area contributed by atoms with Gasteiger partial charge in [-0.05, 0) is 13.0 Å². The summed E-state index contributed by atoms with van der Waals surface area (Å²) < 4.78 is 26.2. The number of imide groups is 1. The zero-order valence-electron chi connectivity index (χ0n) is 11.8. The Morgan fingerprint density at radius 3 is 2.68 bits per heavy atom. The molecule has 1 saturated heterocycles. The van der Waals surface area contributed by atoms with Crippen LogP contribution >= 0.6 is 0 Å². The van der Waals surface area contributed by atoms with Crippen LogP contribution in [0.4, 0.5) is 13.6 Å². The fraction of sp³-hybridized carbons (Fsp3) is 0.357. The highest BCUT2D eigenvalue weighted by molar-refractivity contribution is 6.00. The molecular weight excluding hydrogens is 296 g/mol. The van der Waals surface area contributed by atoms with Crippen LogP contribution in [0.2, 0.25) is 0 Å². The van der Waals surface area contributed by atoms with Crippen molar-refractivity contribution in [2.75, 3.05) is 0 Å². The SMILES string of the molecule is CC1NC(=O)NC(=O)C1CC(=O)NCc1ccc(F)cc1F. The van der Waals surface area contributed by atoms with Crippen molar-refractivity contribution in [2.45, 2.75) is 25.9 Å². The molecule has 1 aliphatic heterocycles. The van der Waals surface area contributed by atoms with Crippen molar-refractivity contribution in [1.29, 1.82) is 0 Å². The summed E-state index contributed by atoms with van der Waals surface area (Å²) in [7, 11) is 0. The Morgan fingerprint density at radius 1 is 1.32 bits per heavy atom. The first-order chi connectivity index (χ1) is 10.4. The molecule has 1 heterocycles. The van der Waals surface area contributed by atoms with Crippen LogP contribution in [0.15, 0.2) is 18.2 Å². The number of amides is 4. The van der Waals surface area contributed by atoms with Gasteiger partial charge in [0.1, 0.15) is 11.6 Å². The highest BCUT2D eigenvalue weighted by Gasteiger charge is 2.33. The lowest BCUT2D eigenvalue weighted by molar-refractivity contribution is -0.131. The molecule has 2 unspecified atom stereocenters. The first-order valence-electron chi connectivity index (χ1n) is 6.69. The van der Waals surface area contributed by atoms with Crippen LogP contribution in [0.1, 0.15) is 18.9 Å². The molecular formula is C14H15F2N3O3. The van der Waals surface area contributed by atoms with Crippen LogP contribution in [-0.4, -0.2) is 23.9 Å². The van der Waals surface area contributed by atoms with Gasteiger partial charge in [0.05, 0.1) is 5.92 Å². The first-order valence-corrected chi connectivity index (χ1v) is 6.69. The van der Waals surface area contributed by atoms with Crippen LogP contribution in [-0.2, 0) is 16.1 Å². The molecule has 2 rings (SSSR count). The van der Waals surface area contributed by atoms with E-state index in [-0.39, 0.29) is 18.5 Å². The van der Waals surface area contributed by atoms with Gasteiger partial charge in [0.15, 0.2) is 0 Å². The van der Waals surface area contributed by atoms with Gasteiger partial charge in [-0.25, -0.2) is 13.6 Å². The van der Waals surface area contributed by atoms with Crippen LogP contribution in [0.5, 0.6) is 0 Å². The Kier molecular flexibility index (Phi) is 4.69. The van der Waals surface area contributed by atoms with E-state index in [1.807, 2.05) is 0 Å². The van der Waals surface area contributed by atoms with Crippen molar-refractivity contribution in [1.82, 2.24) is 16.0 Å². The van der Waals surface area contributed by atoms with Crippen molar-refractivity contribution in [3.8, 4) is 0 Å². The summed E-state index contributed by atoms with van der Waals surface area (Å²) in [6.45, 7) is 1.51. The predicted molar refractivity (Wildman–Crippen MR) is 72.4 cm³/mol. The lowest BCUT2D eigenvalue weighted by atomic mass is 9.94. The maximum absolute atomic E-state index is 13.4. The molecule has 1 aromatic rings. The van der Waals surface area contributed by atoms with E-state index in [1.165, 1.54) is 6.07 Å². The number of rotatable bonds is 4. The molecule has 6 nitrogen and oxygen atoms in total. The van der Waals surface area contributed by atoms with E-state index >= 15 is 0 Å². The van der Waals surface area contributed by atoms with E-state index in [4.69, 9.17) is 0 Å². The van der Waals surface area contributed by atoms with Crippen molar-refractivity contribution >= 4 is 17.8 Å². The summed E-state index contributed by atoms with van der Waals surface area (Å²) in [5.41, 5.74) is 0.143. The van der Waals surface area contributed by atoms with E-state index in [0.717, 1.165) is 12.1 Å². The van der Waals surface area contributed by atoms with Crippen LogP contribution in [0.25, 0.3) is 0 Å². The number of carbonyl (C=O) groups is 3. The fourth-order valence-electron chi connectivity index (χ4n) is 2.18. The third-order valence-corrected chi connectivity index (χ3v) is 3.43. The van der Waals surface area contributed by atoms with Crippen molar-refractivity contribution in [2.24, 2.45) is 5.92 Å². The number of benzene rings is 1. The van der Waals surface area contributed by atoms with Crippen LogP contribution in [0.3, 0.4) is 0 Å². The predicted octanol–water partition coefficient (Wildman–Crippen LogP) is 0.815. The number of carbonyl (C=O) groups excluding carboxylic acids is 3. The minimum absolute atomic E-state index is 0.111. The van der Waals surface area contributed by atoms with E-state index in [9.17, 15) is 23.2 Å². The number of nitrogens with one attached hydrogen (secondary N) is 3. The molecule has 0 aromatic heterocycles. The second-order valence-corrected chi connectivity index (χ2v) is 5.07. The summed E-state index contributed by atoms with van der Waals surface area (Å²) >= 11 is 0. The van der Waals surface area contributed by atoms with Gasteiger partial charge in [-0.15, -0.1) is 0 Å². The topological polar surface area (TPSA) is 87.3 Å². The van der Waals surface area contributed by atoms with Crippen molar-refractivity contribution in [3.05, 3.63) is 35.4 Å². The maximum Gasteiger partial charge on any atom is 0.321 e. The molecule has 0 aliphatic carbocycles. The van der Waals surface area contributed by atoms with Gasteiger partial charge < -0.3 is 10.6 Å². The Morgan fingerprint density at radius 2 is 2.05 bits per heavy atom. The molecule has 22 heavy (non-hydrogen) atoms. The number of halogens is 2. The molecule has 1 aliphatic rings. The van der Waals surface area contributed by atoms with Crippen LogP contribution in [0, 0.1) is 17.6 Å². The highest BCUT2D eigenvalue weighted by Crippen LogP contribution is 2.13.